The Hall–Kier alpha value is -1.91. The molecular weight excluding hydrogens is 443 g/mol. The summed E-state index contributed by atoms with van der Waals surface area (Å²) in [5.41, 5.74) is 1.94. The van der Waals surface area contributed by atoms with E-state index < -0.39 is 13.0 Å². The van der Waals surface area contributed by atoms with Gasteiger partial charge in [-0.1, -0.05) is 12.1 Å². The number of aromatic nitrogens is 2. The van der Waals surface area contributed by atoms with E-state index in [9.17, 15) is 8.78 Å². The van der Waals surface area contributed by atoms with Gasteiger partial charge < -0.3 is 15.4 Å². The molecule has 0 atom stereocenters. The smallest absolute Gasteiger partial charge is 0.272 e. The van der Waals surface area contributed by atoms with Gasteiger partial charge >= 0.3 is 0 Å². The highest BCUT2D eigenvalue weighted by Gasteiger charge is 2.05. The Balaban J connectivity index is 0.00000312. The van der Waals surface area contributed by atoms with E-state index in [2.05, 4.69) is 20.7 Å². The van der Waals surface area contributed by atoms with Crippen LogP contribution < -0.4 is 15.4 Å². The summed E-state index contributed by atoms with van der Waals surface area (Å²) in [7, 11) is 3.55. The van der Waals surface area contributed by atoms with Crippen molar-refractivity contribution in [2.45, 2.75) is 19.5 Å². The molecule has 9 heteroatoms. The molecule has 25 heavy (non-hydrogen) atoms. The molecule has 2 aromatic rings. The maximum absolute atomic E-state index is 12.2. The fourth-order valence-corrected chi connectivity index (χ4v) is 2.06. The predicted octanol–water partition coefficient (Wildman–Crippen LogP) is 2.55. The zero-order chi connectivity index (χ0) is 17.4. The number of nitrogens with one attached hydrogen (secondary N) is 2. The van der Waals surface area contributed by atoms with Crippen molar-refractivity contribution in [3.8, 4) is 5.75 Å². The van der Waals surface area contributed by atoms with Gasteiger partial charge in [0, 0.05) is 26.8 Å². The van der Waals surface area contributed by atoms with Gasteiger partial charge in [-0.25, -0.2) is 8.78 Å². The molecule has 0 aliphatic carbocycles. The van der Waals surface area contributed by atoms with Crippen molar-refractivity contribution in [2.24, 2.45) is 12.0 Å². The van der Waals surface area contributed by atoms with Crippen LogP contribution in [-0.4, -0.2) is 35.8 Å². The van der Waals surface area contributed by atoms with Crippen LogP contribution >= 0.6 is 24.0 Å². The van der Waals surface area contributed by atoms with Crippen molar-refractivity contribution >= 4 is 29.9 Å². The number of ether oxygens (including phenoxy) is 1. The lowest BCUT2D eigenvalue weighted by Gasteiger charge is -2.13. The van der Waals surface area contributed by atoms with Crippen molar-refractivity contribution < 1.29 is 13.5 Å². The molecule has 0 spiro atoms. The molecule has 138 valence electrons. The highest BCUT2D eigenvalue weighted by Crippen LogP contribution is 2.14. The number of aryl methyl sites for hydroxylation is 1. The molecule has 1 aromatic heterocycles. The average Bonchev–Trinajstić information content (AvgIpc) is 2.98. The summed E-state index contributed by atoms with van der Waals surface area (Å²) in [6.45, 7) is 0.482. The molecule has 0 amide bonds. The second-order valence-electron chi connectivity index (χ2n) is 5.07. The third-order valence-corrected chi connectivity index (χ3v) is 3.32. The van der Waals surface area contributed by atoms with Crippen molar-refractivity contribution in [1.29, 1.82) is 0 Å². The summed E-state index contributed by atoms with van der Waals surface area (Å²) >= 11 is 0. The average molecular weight is 465 g/mol. The first-order valence-electron chi connectivity index (χ1n) is 7.49. The second kappa shape index (κ2) is 10.9. The third-order valence-electron chi connectivity index (χ3n) is 3.32. The lowest BCUT2D eigenvalue weighted by molar-refractivity contribution is 0.0818. The minimum Gasteiger partial charge on any atom is -0.488 e. The number of guanidine groups is 1. The largest absolute Gasteiger partial charge is 0.488 e. The third kappa shape index (κ3) is 7.24. The summed E-state index contributed by atoms with van der Waals surface area (Å²) in [4.78, 5) is 4.15. The lowest BCUT2D eigenvalue weighted by atomic mass is 10.2. The molecule has 6 nitrogen and oxygen atoms in total. The summed E-state index contributed by atoms with van der Waals surface area (Å²) in [6, 6.07) is 8.95. The quantitative estimate of drug-likeness (QED) is 0.375. The molecule has 2 N–H and O–H groups in total. The van der Waals surface area contributed by atoms with Gasteiger partial charge in [-0.15, -0.1) is 24.0 Å². The van der Waals surface area contributed by atoms with Gasteiger partial charge in [0.15, 0.2) is 5.96 Å². The fraction of sp³-hybridized carbons (Fsp3) is 0.375. The minimum absolute atomic E-state index is 0. The van der Waals surface area contributed by atoms with Crippen LogP contribution in [0.5, 0.6) is 5.75 Å². The van der Waals surface area contributed by atoms with E-state index in [0.717, 1.165) is 11.3 Å². The van der Waals surface area contributed by atoms with E-state index >= 15 is 0 Å². The number of hydrogen-bond acceptors (Lipinski definition) is 3. The Labute approximate surface area is 162 Å². The van der Waals surface area contributed by atoms with Crippen LogP contribution in [-0.2, 0) is 20.1 Å². The van der Waals surface area contributed by atoms with E-state index in [0.29, 0.717) is 24.8 Å². The first kappa shape index (κ1) is 21.1. The minimum atomic E-state index is -2.48. The van der Waals surface area contributed by atoms with Crippen molar-refractivity contribution in [2.75, 3.05) is 13.7 Å². The zero-order valence-corrected chi connectivity index (χ0v) is 16.4. The normalized spacial score (nSPS) is 11.2. The monoisotopic (exact) mass is 465 g/mol. The van der Waals surface area contributed by atoms with Crippen LogP contribution in [0.15, 0.2) is 41.5 Å². The molecule has 0 unspecified atom stereocenters. The molecule has 1 aromatic carbocycles. The van der Waals surface area contributed by atoms with Gasteiger partial charge in [0.1, 0.15) is 12.4 Å². The van der Waals surface area contributed by atoms with Crippen molar-refractivity contribution in [1.82, 2.24) is 20.4 Å². The van der Waals surface area contributed by atoms with Crippen LogP contribution in [0, 0.1) is 0 Å². The molecule has 0 bridgehead atoms. The van der Waals surface area contributed by atoms with Gasteiger partial charge in [-0.05, 0) is 23.8 Å². The van der Waals surface area contributed by atoms with Crippen molar-refractivity contribution in [3.63, 3.8) is 0 Å². The Kier molecular flexibility index (Phi) is 9.17. The Morgan fingerprint density at radius 2 is 2.04 bits per heavy atom. The van der Waals surface area contributed by atoms with E-state index in [-0.39, 0.29) is 24.0 Å². The summed E-state index contributed by atoms with van der Waals surface area (Å²) in [6.07, 6.45) is -0.750. The molecule has 0 fully saturated rings. The number of rotatable bonds is 7. The topological polar surface area (TPSA) is 63.5 Å². The first-order chi connectivity index (χ1) is 11.6. The zero-order valence-electron chi connectivity index (χ0n) is 14.1. The number of aliphatic imine (C=N–C) groups is 1. The van der Waals surface area contributed by atoms with Gasteiger partial charge in [-0.3, -0.25) is 9.67 Å². The van der Waals surface area contributed by atoms with Crippen LogP contribution in [0.3, 0.4) is 0 Å². The molecule has 0 aliphatic rings. The van der Waals surface area contributed by atoms with Gasteiger partial charge in [0.25, 0.3) is 6.43 Å². The summed E-state index contributed by atoms with van der Waals surface area (Å²) in [5, 5.41) is 10.5. The summed E-state index contributed by atoms with van der Waals surface area (Å²) in [5.74, 6) is 1.06. The van der Waals surface area contributed by atoms with E-state index in [4.69, 9.17) is 4.74 Å². The predicted molar refractivity (Wildman–Crippen MR) is 104 cm³/mol. The molecule has 2 rings (SSSR count). The number of hydrogen-bond donors (Lipinski definition) is 2. The maximum atomic E-state index is 12.2. The van der Waals surface area contributed by atoms with Crippen LogP contribution in [0.25, 0.3) is 0 Å². The van der Waals surface area contributed by atoms with Crippen LogP contribution in [0.4, 0.5) is 8.78 Å². The van der Waals surface area contributed by atoms with Crippen LogP contribution in [0.2, 0.25) is 0 Å². The number of halogens is 3. The molecule has 0 saturated heterocycles. The molecule has 0 radical (unpaired) electrons. The van der Waals surface area contributed by atoms with E-state index in [1.54, 1.807) is 36.1 Å². The lowest BCUT2D eigenvalue weighted by Crippen LogP contribution is -2.36. The standard InChI is InChI=1S/C16H21F2N5O.HI/c1-19-16(21-10-13-6-7-22-23(13)2)20-9-12-4-3-5-14(8-12)24-11-15(17)18;/h3-8,15H,9-11H2,1-2H3,(H2,19,20,21);1H. The van der Waals surface area contributed by atoms with E-state index in [1.807, 2.05) is 19.2 Å². The van der Waals surface area contributed by atoms with E-state index in [1.165, 1.54) is 0 Å². The molecule has 1 heterocycles. The number of alkyl halides is 2. The Morgan fingerprint density at radius 3 is 2.68 bits per heavy atom. The second-order valence-corrected chi connectivity index (χ2v) is 5.07. The Morgan fingerprint density at radius 1 is 1.28 bits per heavy atom. The molecule has 0 aliphatic heterocycles. The van der Waals surface area contributed by atoms with Gasteiger partial charge in [-0.2, -0.15) is 5.10 Å². The maximum Gasteiger partial charge on any atom is 0.272 e. The number of benzene rings is 1. The molecular formula is C16H22F2IN5O. The summed E-state index contributed by atoms with van der Waals surface area (Å²) < 4.78 is 31.2. The van der Waals surface area contributed by atoms with Gasteiger partial charge in [0.2, 0.25) is 0 Å². The molecule has 0 saturated carbocycles. The van der Waals surface area contributed by atoms with Crippen molar-refractivity contribution in [3.05, 3.63) is 47.8 Å². The fourth-order valence-electron chi connectivity index (χ4n) is 2.06. The SMILES string of the molecule is CN=C(NCc1cccc(OCC(F)F)c1)NCc1ccnn1C.I. The highest BCUT2D eigenvalue weighted by molar-refractivity contribution is 14.0. The van der Waals surface area contributed by atoms with Gasteiger partial charge in [0.05, 0.1) is 12.2 Å². The Bertz CT molecular complexity index is 678. The highest BCUT2D eigenvalue weighted by atomic mass is 127. The van der Waals surface area contributed by atoms with Crippen LogP contribution in [0.1, 0.15) is 11.3 Å². The first-order valence-corrected chi connectivity index (χ1v) is 7.49. The number of nitrogens with zero attached hydrogens (tertiary/aromatic N) is 3.